The monoisotopic (exact) mass is 283 g/mol. The summed E-state index contributed by atoms with van der Waals surface area (Å²) in [6.45, 7) is 1.88. The third-order valence-corrected chi connectivity index (χ3v) is 4.77. The molecule has 1 fully saturated rings. The average Bonchev–Trinajstić information content (AvgIpc) is 2.76. The molecule has 0 bridgehead atoms. The molecule has 1 unspecified atom stereocenters. The molecule has 1 aromatic carbocycles. The first kappa shape index (κ1) is 14.1. The van der Waals surface area contributed by atoms with Gasteiger partial charge in [0.05, 0.1) is 16.3 Å². The van der Waals surface area contributed by atoms with E-state index < -0.39 is 9.84 Å². The molecule has 1 aliphatic heterocycles. The van der Waals surface area contributed by atoms with Gasteiger partial charge < -0.3 is 15.5 Å². The van der Waals surface area contributed by atoms with Crippen LogP contribution in [0, 0.1) is 0 Å². The molecule has 0 aromatic heterocycles. The van der Waals surface area contributed by atoms with Crippen molar-refractivity contribution in [3.05, 3.63) is 18.2 Å². The van der Waals surface area contributed by atoms with Crippen LogP contribution in [-0.4, -0.2) is 52.8 Å². The van der Waals surface area contributed by atoms with Crippen molar-refractivity contribution >= 4 is 21.2 Å². The van der Waals surface area contributed by atoms with E-state index in [1.54, 1.807) is 12.1 Å². The molecule has 6 heteroatoms. The van der Waals surface area contributed by atoms with Gasteiger partial charge in [-0.25, -0.2) is 8.42 Å². The van der Waals surface area contributed by atoms with Gasteiger partial charge in [0, 0.05) is 25.4 Å². The fourth-order valence-electron chi connectivity index (χ4n) is 2.43. The van der Waals surface area contributed by atoms with E-state index in [1.807, 2.05) is 6.07 Å². The van der Waals surface area contributed by atoms with Crippen LogP contribution >= 0.6 is 0 Å². The molecular weight excluding hydrogens is 262 g/mol. The summed E-state index contributed by atoms with van der Waals surface area (Å²) in [7, 11) is 0.951. The zero-order valence-corrected chi connectivity index (χ0v) is 12.4. The number of sulfone groups is 1. The van der Waals surface area contributed by atoms with E-state index in [-0.39, 0.29) is 4.90 Å². The maximum atomic E-state index is 11.5. The van der Waals surface area contributed by atoms with Crippen molar-refractivity contribution < 1.29 is 8.42 Å². The van der Waals surface area contributed by atoms with Gasteiger partial charge in [0.1, 0.15) is 0 Å². The number of nitrogens with zero attached hydrogens (tertiary/aromatic N) is 2. The molecule has 1 aromatic rings. The molecular formula is C13H21N3O2S. The molecule has 1 saturated heterocycles. The summed E-state index contributed by atoms with van der Waals surface area (Å²) in [6, 6.07) is 5.51. The molecule has 2 rings (SSSR count). The lowest BCUT2D eigenvalue weighted by molar-refractivity contribution is 0.315. The number of likely N-dealkylation sites (N-methyl/N-ethyl adjacent to an activating group) is 1. The van der Waals surface area contributed by atoms with Gasteiger partial charge >= 0.3 is 0 Å². The van der Waals surface area contributed by atoms with Crippen molar-refractivity contribution in [2.24, 2.45) is 0 Å². The fourth-order valence-corrected chi connectivity index (χ4v) is 3.09. The van der Waals surface area contributed by atoms with Gasteiger partial charge in [0.2, 0.25) is 0 Å². The number of rotatable bonds is 3. The second-order valence-electron chi connectivity index (χ2n) is 5.34. The standard InChI is InChI=1S/C13H21N3O2S/c1-15(2)10-6-7-16(9-10)13-5-4-11(8-12(13)14)19(3,17)18/h4-5,8,10H,6-7,9,14H2,1-3H3. The Kier molecular flexibility index (Phi) is 3.73. The second kappa shape index (κ2) is 5.02. The number of benzene rings is 1. The van der Waals surface area contributed by atoms with E-state index in [0.717, 1.165) is 25.2 Å². The van der Waals surface area contributed by atoms with Gasteiger partial charge in [-0.2, -0.15) is 0 Å². The fraction of sp³-hybridized carbons (Fsp3) is 0.538. The van der Waals surface area contributed by atoms with Gasteiger partial charge in [-0.3, -0.25) is 0 Å². The van der Waals surface area contributed by atoms with Gasteiger partial charge in [0.15, 0.2) is 9.84 Å². The normalized spacial score (nSPS) is 20.2. The Hall–Kier alpha value is -1.27. The van der Waals surface area contributed by atoms with E-state index >= 15 is 0 Å². The highest BCUT2D eigenvalue weighted by molar-refractivity contribution is 7.90. The van der Waals surface area contributed by atoms with Crippen LogP contribution in [0.5, 0.6) is 0 Å². The minimum atomic E-state index is -3.20. The van der Waals surface area contributed by atoms with E-state index in [0.29, 0.717) is 11.7 Å². The van der Waals surface area contributed by atoms with Crippen LogP contribution in [0.3, 0.4) is 0 Å². The summed E-state index contributed by atoms with van der Waals surface area (Å²) in [5.41, 5.74) is 7.46. The van der Waals surface area contributed by atoms with Crippen LogP contribution in [0.25, 0.3) is 0 Å². The van der Waals surface area contributed by atoms with E-state index in [9.17, 15) is 8.42 Å². The third kappa shape index (κ3) is 3.01. The number of nitrogens with two attached hydrogens (primary N) is 1. The molecule has 106 valence electrons. The molecule has 0 aliphatic carbocycles. The summed E-state index contributed by atoms with van der Waals surface area (Å²) >= 11 is 0. The summed E-state index contributed by atoms with van der Waals surface area (Å²) in [4.78, 5) is 4.70. The molecule has 0 saturated carbocycles. The van der Waals surface area contributed by atoms with Crippen molar-refractivity contribution in [1.82, 2.24) is 4.90 Å². The Bertz CT molecular complexity index is 569. The van der Waals surface area contributed by atoms with Crippen LogP contribution in [-0.2, 0) is 9.84 Å². The van der Waals surface area contributed by atoms with Crippen molar-refractivity contribution in [3.8, 4) is 0 Å². The Labute approximate surface area is 114 Å². The summed E-state index contributed by atoms with van der Waals surface area (Å²) < 4.78 is 23.0. The van der Waals surface area contributed by atoms with Crippen molar-refractivity contribution in [3.63, 3.8) is 0 Å². The van der Waals surface area contributed by atoms with E-state index in [4.69, 9.17) is 5.73 Å². The topological polar surface area (TPSA) is 66.6 Å². The SMILES string of the molecule is CN(C)C1CCN(c2ccc(S(C)(=O)=O)cc2N)C1. The molecule has 0 amide bonds. The van der Waals surface area contributed by atoms with E-state index in [2.05, 4.69) is 23.9 Å². The molecule has 2 N–H and O–H groups in total. The lowest BCUT2D eigenvalue weighted by Gasteiger charge is -2.23. The van der Waals surface area contributed by atoms with Crippen LogP contribution in [0.15, 0.2) is 23.1 Å². The van der Waals surface area contributed by atoms with Gasteiger partial charge in [-0.05, 0) is 38.7 Å². The van der Waals surface area contributed by atoms with Crippen molar-refractivity contribution in [1.29, 1.82) is 0 Å². The summed E-state index contributed by atoms with van der Waals surface area (Å²) in [6.07, 6.45) is 2.29. The molecule has 19 heavy (non-hydrogen) atoms. The van der Waals surface area contributed by atoms with E-state index in [1.165, 1.54) is 6.26 Å². The van der Waals surface area contributed by atoms with Crippen LogP contribution in [0.4, 0.5) is 11.4 Å². The zero-order chi connectivity index (χ0) is 14.2. The van der Waals surface area contributed by atoms with Gasteiger partial charge in [-0.15, -0.1) is 0 Å². The zero-order valence-electron chi connectivity index (χ0n) is 11.6. The highest BCUT2D eigenvalue weighted by Gasteiger charge is 2.25. The maximum Gasteiger partial charge on any atom is 0.175 e. The maximum absolute atomic E-state index is 11.5. The first-order valence-electron chi connectivity index (χ1n) is 6.30. The van der Waals surface area contributed by atoms with Crippen molar-refractivity contribution in [2.45, 2.75) is 17.4 Å². The Balaban J connectivity index is 2.24. The molecule has 5 nitrogen and oxygen atoms in total. The Morgan fingerprint density at radius 3 is 2.53 bits per heavy atom. The molecule has 0 radical (unpaired) electrons. The molecule has 1 heterocycles. The van der Waals surface area contributed by atoms with Crippen LogP contribution in [0.2, 0.25) is 0 Å². The Morgan fingerprint density at radius 2 is 2.05 bits per heavy atom. The largest absolute Gasteiger partial charge is 0.397 e. The third-order valence-electron chi connectivity index (χ3n) is 3.66. The quantitative estimate of drug-likeness (QED) is 0.832. The first-order valence-corrected chi connectivity index (χ1v) is 8.19. The highest BCUT2D eigenvalue weighted by atomic mass is 32.2. The minimum Gasteiger partial charge on any atom is -0.397 e. The number of hydrogen-bond donors (Lipinski definition) is 1. The number of anilines is 2. The Morgan fingerprint density at radius 1 is 1.37 bits per heavy atom. The lowest BCUT2D eigenvalue weighted by Crippen LogP contribution is -2.31. The van der Waals surface area contributed by atoms with Crippen LogP contribution < -0.4 is 10.6 Å². The van der Waals surface area contributed by atoms with Crippen molar-refractivity contribution in [2.75, 3.05) is 44.1 Å². The van der Waals surface area contributed by atoms with Gasteiger partial charge in [0.25, 0.3) is 0 Å². The molecule has 1 aliphatic rings. The van der Waals surface area contributed by atoms with Crippen LogP contribution in [0.1, 0.15) is 6.42 Å². The first-order chi connectivity index (χ1) is 8.79. The number of hydrogen-bond acceptors (Lipinski definition) is 5. The smallest absolute Gasteiger partial charge is 0.175 e. The predicted octanol–water partition coefficient (Wildman–Crippen LogP) is 0.813. The summed E-state index contributed by atoms with van der Waals surface area (Å²) in [5, 5.41) is 0. The lowest BCUT2D eigenvalue weighted by atomic mass is 10.2. The highest BCUT2D eigenvalue weighted by Crippen LogP contribution is 2.29. The average molecular weight is 283 g/mol. The second-order valence-corrected chi connectivity index (χ2v) is 7.36. The van der Waals surface area contributed by atoms with Gasteiger partial charge in [-0.1, -0.05) is 0 Å². The molecule has 1 atom stereocenters. The minimum absolute atomic E-state index is 0.275. The predicted molar refractivity (Wildman–Crippen MR) is 78.3 cm³/mol. The number of nitrogen functional groups attached to an aromatic ring is 1. The molecule has 0 spiro atoms. The summed E-state index contributed by atoms with van der Waals surface area (Å²) in [5.74, 6) is 0.